The fraction of sp³-hybridized carbons (Fsp3) is 0.650. The fourth-order valence-electron chi connectivity index (χ4n) is 4.16. The molecule has 1 spiro atoms. The van der Waals surface area contributed by atoms with Crippen LogP contribution >= 0.6 is 0 Å². The molecule has 1 aromatic rings. The number of amides is 4. The van der Waals surface area contributed by atoms with Crippen molar-refractivity contribution in [3.8, 4) is 0 Å². The largest absolute Gasteiger partial charge is 0.385 e. The molecule has 154 valence electrons. The topological polar surface area (TPSA) is 85.9 Å². The number of piperidine rings is 1. The molecule has 8 heteroatoms. The minimum Gasteiger partial charge on any atom is -0.385 e. The number of aromatic nitrogens is 1. The van der Waals surface area contributed by atoms with Gasteiger partial charge >= 0.3 is 6.03 Å². The lowest BCUT2D eigenvalue weighted by atomic mass is 9.85. The quantitative estimate of drug-likeness (QED) is 0.570. The maximum Gasteiger partial charge on any atom is 0.327 e. The molecule has 0 bridgehead atoms. The highest BCUT2D eigenvalue weighted by molar-refractivity contribution is 6.07. The predicted octanol–water partition coefficient (Wildman–Crippen LogP) is 1.95. The van der Waals surface area contributed by atoms with E-state index in [4.69, 9.17) is 4.74 Å². The monoisotopic (exact) mass is 390 g/mol. The molecular weight excluding hydrogens is 360 g/mol. The number of carbonyl (C=O) groups is 3. The summed E-state index contributed by atoms with van der Waals surface area (Å²) in [5.41, 5.74) is -0.286. The zero-order chi connectivity index (χ0) is 20.3. The van der Waals surface area contributed by atoms with E-state index in [1.54, 1.807) is 35.2 Å². The molecule has 0 atom stereocenters. The smallest absolute Gasteiger partial charge is 0.327 e. The molecule has 0 radical (unpaired) electrons. The van der Waals surface area contributed by atoms with Crippen molar-refractivity contribution in [2.45, 2.75) is 38.6 Å². The van der Waals surface area contributed by atoms with Crippen molar-refractivity contribution in [3.63, 3.8) is 0 Å². The van der Waals surface area contributed by atoms with Crippen molar-refractivity contribution in [1.29, 1.82) is 0 Å². The Morgan fingerprint density at radius 2 is 2.00 bits per heavy atom. The van der Waals surface area contributed by atoms with E-state index in [0.29, 0.717) is 57.7 Å². The first-order valence-corrected chi connectivity index (χ1v) is 9.96. The Kier molecular flexibility index (Phi) is 6.07. The van der Waals surface area contributed by atoms with E-state index in [2.05, 4.69) is 4.98 Å². The van der Waals surface area contributed by atoms with E-state index in [-0.39, 0.29) is 23.8 Å². The molecule has 2 saturated heterocycles. The normalized spacial score (nSPS) is 19.4. The third kappa shape index (κ3) is 3.65. The van der Waals surface area contributed by atoms with Gasteiger partial charge in [-0.3, -0.25) is 14.5 Å². The highest BCUT2D eigenvalue weighted by Crippen LogP contribution is 2.38. The number of likely N-dealkylation sites (tertiary alicyclic amines) is 1. The maximum absolute atomic E-state index is 13.3. The summed E-state index contributed by atoms with van der Waals surface area (Å²) in [7, 11) is 1.61. The molecule has 2 aliphatic heterocycles. The van der Waals surface area contributed by atoms with Gasteiger partial charge in [0.05, 0.1) is 0 Å². The van der Waals surface area contributed by atoms with Crippen LogP contribution in [0.3, 0.4) is 0 Å². The summed E-state index contributed by atoms with van der Waals surface area (Å²) in [6.07, 6.45) is 3.28. The summed E-state index contributed by atoms with van der Waals surface area (Å²) in [5.74, 6) is 0.0661. The molecule has 4 amide bonds. The van der Waals surface area contributed by atoms with Gasteiger partial charge in [0.25, 0.3) is 11.8 Å². The van der Waals surface area contributed by atoms with Gasteiger partial charge in [-0.05, 0) is 37.3 Å². The van der Waals surface area contributed by atoms with Crippen LogP contribution in [0.2, 0.25) is 0 Å². The van der Waals surface area contributed by atoms with Gasteiger partial charge < -0.3 is 19.5 Å². The summed E-state index contributed by atoms with van der Waals surface area (Å²) >= 11 is 0. The van der Waals surface area contributed by atoms with Gasteiger partial charge in [-0.2, -0.15) is 0 Å². The van der Waals surface area contributed by atoms with E-state index in [1.165, 1.54) is 4.90 Å². The number of urea groups is 1. The summed E-state index contributed by atoms with van der Waals surface area (Å²) in [6, 6.07) is 3.33. The van der Waals surface area contributed by atoms with Crippen molar-refractivity contribution in [3.05, 3.63) is 24.0 Å². The Morgan fingerprint density at radius 1 is 1.29 bits per heavy atom. The average Bonchev–Trinajstić information content (AvgIpc) is 3.27. The minimum absolute atomic E-state index is 0.0658. The molecule has 8 nitrogen and oxygen atoms in total. The summed E-state index contributed by atoms with van der Waals surface area (Å²) in [6.45, 7) is 6.41. The molecule has 2 aliphatic rings. The molecule has 28 heavy (non-hydrogen) atoms. The molecule has 3 rings (SSSR count). The molecular formula is C20H30N4O4. The number of H-pyrrole nitrogens is 1. The molecule has 3 heterocycles. The van der Waals surface area contributed by atoms with Crippen molar-refractivity contribution in [2.75, 3.05) is 39.9 Å². The molecule has 2 fully saturated rings. The Bertz CT molecular complexity index is 708. The Balaban J connectivity index is 1.76. The SMILES string of the molecule is COCCCN1C(=O)N(CC(C)C)C2(CCN(C(=O)c3ccc[nH]3)CC2)C1=O. The second-order valence-electron chi connectivity index (χ2n) is 8.00. The lowest BCUT2D eigenvalue weighted by molar-refractivity contribution is -0.135. The molecule has 1 aromatic heterocycles. The molecule has 0 saturated carbocycles. The maximum atomic E-state index is 13.3. The second-order valence-corrected chi connectivity index (χ2v) is 8.00. The van der Waals surface area contributed by atoms with E-state index < -0.39 is 5.54 Å². The van der Waals surface area contributed by atoms with Crippen molar-refractivity contribution in [2.24, 2.45) is 5.92 Å². The standard InChI is InChI=1S/C20H30N4O4/c1-15(2)14-24-19(27)23(10-5-13-28-3)18(26)20(24)7-11-22(12-8-20)17(25)16-6-4-9-21-16/h4,6,9,15,21H,5,7-8,10-14H2,1-3H3. The predicted molar refractivity (Wildman–Crippen MR) is 104 cm³/mol. The number of aromatic amines is 1. The van der Waals surface area contributed by atoms with Crippen LogP contribution in [0.1, 0.15) is 43.6 Å². The third-order valence-corrected chi connectivity index (χ3v) is 5.61. The molecule has 0 unspecified atom stereocenters. The van der Waals surface area contributed by atoms with Crippen LogP contribution in [0.15, 0.2) is 18.3 Å². The van der Waals surface area contributed by atoms with Gasteiger partial charge in [0.2, 0.25) is 0 Å². The minimum atomic E-state index is -0.832. The van der Waals surface area contributed by atoms with Gasteiger partial charge in [-0.1, -0.05) is 13.8 Å². The number of rotatable bonds is 7. The number of imide groups is 1. The number of nitrogens with one attached hydrogen (secondary N) is 1. The molecule has 0 aliphatic carbocycles. The Labute approximate surface area is 165 Å². The van der Waals surface area contributed by atoms with Crippen LogP contribution in [-0.4, -0.2) is 83.0 Å². The first-order valence-electron chi connectivity index (χ1n) is 9.96. The third-order valence-electron chi connectivity index (χ3n) is 5.61. The van der Waals surface area contributed by atoms with Crippen LogP contribution in [0.5, 0.6) is 0 Å². The molecule has 0 aromatic carbocycles. The second kappa shape index (κ2) is 8.34. The summed E-state index contributed by atoms with van der Waals surface area (Å²) in [4.78, 5) is 46.8. The number of hydrogen-bond donors (Lipinski definition) is 1. The average molecular weight is 390 g/mol. The van der Waals surface area contributed by atoms with Crippen molar-refractivity contribution < 1.29 is 19.1 Å². The van der Waals surface area contributed by atoms with Crippen molar-refractivity contribution >= 4 is 17.8 Å². The van der Waals surface area contributed by atoms with Crippen LogP contribution in [0, 0.1) is 5.92 Å². The first kappa shape index (κ1) is 20.4. The van der Waals surface area contributed by atoms with E-state index in [1.807, 2.05) is 13.8 Å². The lowest BCUT2D eigenvalue weighted by Gasteiger charge is -2.42. The van der Waals surface area contributed by atoms with Gasteiger partial charge in [-0.25, -0.2) is 4.79 Å². The van der Waals surface area contributed by atoms with Gasteiger partial charge in [0, 0.05) is 46.1 Å². The Morgan fingerprint density at radius 3 is 2.57 bits per heavy atom. The molecule has 1 N–H and O–H groups in total. The number of carbonyl (C=O) groups excluding carboxylic acids is 3. The van der Waals surface area contributed by atoms with Gasteiger partial charge in [0.15, 0.2) is 0 Å². The highest BCUT2D eigenvalue weighted by atomic mass is 16.5. The summed E-state index contributed by atoms with van der Waals surface area (Å²) < 4.78 is 5.07. The number of ether oxygens (including phenoxy) is 1. The van der Waals surface area contributed by atoms with Crippen LogP contribution in [-0.2, 0) is 9.53 Å². The van der Waals surface area contributed by atoms with Gasteiger partial charge in [0.1, 0.15) is 11.2 Å². The van der Waals surface area contributed by atoms with E-state index in [0.717, 1.165) is 0 Å². The van der Waals surface area contributed by atoms with Crippen LogP contribution in [0.25, 0.3) is 0 Å². The Hall–Kier alpha value is -2.35. The van der Waals surface area contributed by atoms with Gasteiger partial charge in [-0.15, -0.1) is 0 Å². The van der Waals surface area contributed by atoms with Crippen LogP contribution in [0.4, 0.5) is 4.79 Å². The zero-order valence-corrected chi connectivity index (χ0v) is 16.9. The highest BCUT2D eigenvalue weighted by Gasteiger charge is 2.57. The zero-order valence-electron chi connectivity index (χ0n) is 16.9. The number of hydrogen-bond acceptors (Lipinski definition) is 4. The summed E-state index contributed by atoms with van der Waals surface area (Å²) in [5, 5.41) is 0. The number of methoxy groups -OCH3 is 1. The fourth-order valence-corrected chi connectivity index (χ4v) is 4.16. The van der Waals surface area contributed by atoms with Crippen LogP contribution < -0.4 is 0 Å². The van der Waals surface area contributed by atoms with E-state index >= 15 is 0 Å². The lowest BCUT2D eigenvalue weighted by Crippen LogP contribution is -2.58. The van der Waals surface area contributed by atoms with Crippen molar-refractivity contribution in [1.82, 2.24) is 19.7 Å². The first-order chi connectivity index (χ1) is 13.4. The number of nitrogens with zero attached hydrogens (tertiary/aromatic N) is 3. The van der Waals surface area contributed by atoms with E-state index in [9.17, 15) is 14.4 Å².